The van der Waals surface area contributed by atoms with Crippen molar-refractivity contribution >= 4 is 16.7 Å². The Kier molecular flexibility index (Phi) is 5.23. The lowest BCUT2D eigenvalue weighted by Crippen LogP contribution is -2.26. The molecule has 0 amide bonds. The minimum Gasteiger partial charge on any atom is -0.490 e. The van der Waals surface area contributed by atoms with Crippen molar-refractivity contribution in [2.24, 2.45) is 7.05 Å². The zero-order valence-corrected chi connectivity index (χ0v) is 18.2. The molecule has 0 unspecified atom stereocenters. The van der Waals surface area contributed by atoms with Gasteiger partial charge in [0.1, 0.15) is 17.3 Å². The van der Waals surface area contributed by atoms with Gasteiger partial charge in [-0.05, 0) is 49.9 Å². The van der Waals surface area contributed by atoms with Crippen molar-refractivity contribution < 1.29 is 4.74 Å². The number of fused-ring (bicyclic) bond motifs is 1. The SMILES string of the molecule is CNc1cc2c(cn1)c(-c1cnn(C)c1)nn2C1CCC(Oc2ccc(C#N)cc2)CC1. The van der Waals surface area contributed by atoms with E-state index in [2.05, 4.69) is 32.2 Å². The van der Waals surface area contributed by atoms with Gasteiger partial charge in [-0.1, -0.05) is 0 Å². The zero-order valence-electron chi connectivity index (χ0n) is 18.2. The summed E-state index contributed by atoms with van der Waals surface area (Å²) in [4.78, 5) is 4.52. The second kappa shape index (κ2) is 8.35. The molecule has 32 heavy (non-hydrogen) atoms. The highest BCUT2D eigenvalue weighted by Crippen LogP contribution is 2.36. The number of ether oxygens (including phenoxy) is 1. The van der Waals surface area contributed by atoms with Crippen molar-refractivity contribution in [2.75, 3.05) is 12.4 Å². The highest BCUT2D eigenvalue weighted by molar-refractivity contribution is 5.93. The number of hydrogen-bond acceptors (Lipinski definition) is 6. The Morgan fingerprint density at radius 2 is 1.91 bits per heavy atom. The molecule has 162 valence electrons. The van der Waals surface area contributed by atoms with Gasteiger partial charge in [-0.2, -0.15) is 15.5 Å². The third kappa shape index (κ3) is 3.78. The lowest BCUT2D eigenvalue weighted by molar-refractivity contribution is 0.131. The molecule has 5 rings (SSSR count). The summed E-state index contributed by atoms with van der Waals surface area (Å²) in [5.74, 6) is 1.65. The van der Waals surface area contributed by atoms with Gasteiger partial charge in [0.15, 0.2) is 0 Å². The Hall–Kier alpha value is -3.86. The minimum atomic E-state index is 0.174. The van der Waals surface area contributed by atoms with Gasteiger partial charge < -0.3 is 10.1 Å². The van der Waals surface area contributed by atoms with E-state index in [4.69, 9.17) is 15.1 Å². The number of nitrogens with zero attached hydrogens (tertiary/aromatic N) is 6. The lowest BCUT2D eigenvalue weighted by atomic mass is 9.93. The van der Waals surface area contributed by atoms with Gasteiger partial charge >= 0.3 is 0 Å². The summed E-state index contributed by atoms with van der Waals surface area (Å²) in [5, 5.41) is 22.5. The molecule has 1 saturated carbocycles. The van der Waals surface area contributed by atoms with Crippen LogP contribution in [0.4, 0.5) is 5.82 Å². The Balaban J connectivity index is 1.38. The van der Waals surface area contributed by atoms with Crippen LogP contribution in [0, 0.1) is 11.3 Å². The zero-order chi connectivity index (χ0) is 22.1. The number of nitrogens with one attached hydrogen (secondary N) is 1. The van der Waals surface area contributed by atoms with Crippen LogP contribution in [0.5, 0.6) is 5.75 Å². The molecule has 0 spiro atoms. The monoisotopic (exact) mass is 427 g/mol. The minimum absolute atomic E-state index is 0.174. The summed E-state index contributed by atoms with van der Waals surface area (Å²) in [6, 6.07) is 11.9. The molecule has 0 radical (unpaired) electrons. The summed E-state index contributed by atoms with van der Waals surface area (Å²) >= 11 is 0. The van der Waals surface area contributed by atoms with E-state index in [1.165, 1.54) is 0 Å². The fourth-order valence-corrected chi connectivity index (χ4v) is 4.41. The molecule has 4 aromatic rings. The van der Waals surface area contributed by atoms with Gasteiger partial charge in [0, 0.05) is 43.5 Å². The maximum Gasteiger partial charge on any atom is 0.127 e. The van der Waals surface area contributed by atoms with E-state index in [0.717, 1.165) is 59.4 Å². The molecule has 1 aromatic carbocycles. The molecule has 0 saturated heterocycles. The first-order valence-electron chi connectivity index (χ1n) is 10.9. The Labute approximate surface area is 186 Å². The topological polar surface area (TPSA) is 93.6 Å². The van der Waals surface area contributed by atoms with E-state index in [1.54, 1.807) is 16.8 Å². The number of aromatic nitrogens is 5. The summed E-state index contributed by atoms with van der Waals surface area (Å²) in [6.07, 6.45) is 9.79. The molecular formula is C24H25N7O. The van der Waals surface area contributed by atoms with E-state index < -0.39 is 0 Å². The van der Waals surface area contributed by atoms with Crippen molar-refractivity contribution in [3.63, 3.8) is 0 Å². The van der Waals surface area contributed by atoms with E-state index in [-0.39, 0.29) is 6.10 Å². The van der Waals surface area contributed by atoms with E-state index in [9.17, 15) is 0 Å². The van der Waals surface area contributed by atoms with Crippen LogP contribution in [0.2, 0.25) is 0 Å². The largest absolute Gasteiger partial charge is 0.490 e. The predicted octanol–water partition coefficient (Wildman–Crippen LogP) is 4.31. The fourth-order valence-electron chi connectivity index (χ4n) is 4.41. The molecule has 1 aliphatic rings. The molecule has 1 aliphatic carbocycles. The third-order valence-electron chi connectivity index (χ3n) is 6.10. The quantitative estimate of drug-likeness (QED) is 0.510. The fraction of sp³-hybridized carbons (Fsp3) is 0.333. The van der Waals surface area contributed by atoms with Gasteiger partial charge in [-0.15, -0.1) is 0 Å². The Morgan fingerprint density at radius 1 is 1.12 bits per heavy atom. The van der Waals surface area contributed by atoms with Gasteiger partial charge in [0.25, 0.3) is 0 Å². The number of pyridine rings is 1. The summed E-state index contributed by atoms with van der Waals surface area (Å²) in [7, 11) is 3.79. The number of rotatable bonds is 5. The maximum atomic E-state index is 8.96. The highest BCUT2D eigenvalue weighted by atomic mass is 16.5. The first-order chi connectivity index (χ1) is 15.6. The average Bonchev–Trinajstić information content (AvgIpc) is 3.43. The molecule has 8 heteroatoms. The normalized spacial score (nSPS) is 18.4. The number of anilines is 1. The Morgan fingerprint density at radius 3 is 2.56 bits per heavy atom. The molecule has 0 aliphatic heterocycles. The number of benzene rings is 1. The molecule has 0 bridgehead atoms. The summed E-state index contributed by atoms with van der Waals surface area (Å²) < 4.78 is 10.1. The summed E-state index contributed by atoms with van der Waals surface area (Å²) in [6.45, 7) is 0. The van der Waals surface area contributed by atoms with Crippen molar-refractivity contribution in [1.82, 2.24) is 24.5 Å². The Bertz CT molecular complexity index is 1270. The molecule has 3 heterocycles. The van der Waals surface area contributed by atoms with Crippen LogP contribution in [-0.2, 0) is 7.05 Å². The average molecular weight is 428 g/mol. The second-order valence-electron chi connectivity index (χ2n) is 8.22. The second-order valence-corrected chi connectivity index (χ2v) is 8.22. The van der Waals surface area contributed by atoms with Crippen LogP contribution in [0.1, 0.15) is 37.3 Å². The van der Waals surface area contributed by atoms with Crippen molar-refractivity contribution in [3.05, 3.63) is 54.5 Å². The predicted molar refractivity (Wildman–Crippen MR) is 122 cm³/mol. The summed E-state index contributed by atoms with van der Waals surface area (Å²) in [5.41, 5.74) is 3.64. The number of aryl methyl sites for hydroxylation is 1. The standard InChI is InChI=1S/C24H25N7O/c1-26-23-11-22-21(14-27-23)24(17-13-28-30(2)15-17)29-31(22)18-5-9-20(10-6-18)32-19-7-3-16(12-25)4-8-19/h3-4,7-8,11,13-15,18,20H,5-6,9-10H2,1-2H3,(H,26,27). The first kappa shape index (κ1) is 20.1. The van der Waals surface area contributed by atoms with Gasteiger partial charge in [0.2, 0.25) is 0 Å². The van der Waals surface area contributed by atoms with Gasteiger partial charge in [0.05, 0.1) is 35.5 Å². The number of hydrogen-bond donors (Lipinski definition) is 1. The molecule has 8 nitrogen and oxygen atoms in total. The van der Waals surface area contributed by atoms with Gasteiger partial charge in [-0.3, -0.25) is 9.36 Å². The first-order valence-corrected chi connectivity index (χ1v) is 10.9. The molecule has 1 N–H and O–H groups in total. The van der Waals surface area contributed by atoms with Crippen LogP contribution in [-0.4, -0.2) is 37.7 Å². The van der Waals surface area contributed by atoms with Crippen LogP contribution in [0.25, 0.3) is 22.2 Å². The lowest BCUT2D eigenvalue weighted by Gasteiger charge is -2.29. The van der Waals surface area contributed by atoms with E-state index in [1.807, 2.05) is 44.8 Å². The van der Waals surface area contributed by atoms with Crippen LogP contribution in [0.15, 0.2) is 48.9 Å². The van der Waals surface area contributed by atoms with E-state index >= 15 is 0 Å². The van der Waals surface area contributed by atoms with E-state index in [0.29, 0.717) is 11.6 Å². The third-order valence-corrected chi connectivity index (χ3v) is 6.10. The molecule has 0 atom stereocenters. The van der Waals surface area contributed by atoms with Crippen LogP contribution >= 0.6 is 0 Å². The van der Waals surface area contributed by atoms with Crippen LogP contribution < -0.4 is 10.1 Å². The van der Waals surface area contributed by atoms with Crippen LogP contribution in [0.3, 0.4) is 0 Å². The molecular weight excluding hydrogens is 402 g/mol. The number of nitriles is 1. The van der Waals surface area contributed by atoms with Crippen molar-refractivity contribution in [1.29, 1.82) is 5.26 Å². The smallest absolute Gasteiger partial charge is 0.127 e. The maximum absolute atomic E-state index is 8.96. The highest BCUT2D eigenvalue weighted by Gasteiger charge is 2.27. The molecule has 1 fully saturated rings. The molecule has 3 aromatic heterocycles. The van der Waals surface area contributed by atoms with Crippen molar-refractivity contribution in [3.8, 4) is 23.1 Å². The van der Waals surface area contributed by atoms with Gasteiger partial charge in [-0.25, -0.2) is 4.98 Å². The van der Waals surface area contributed by atoms with Crippen molar-refractivity contribution in [2.45, 2.75) is 37.8 Å².